The van der Waals surface area contributed by atoms with Gasteiger partial charge in [-0.3, -0.25) is 14.9 Å². The van der Waals surface area contributed by atoms with E-state index < -0.39 is 16.5 Å². The van der Waals surface area contributed by atoms with Gasteiger partial charge in [0, 0.05) is 29.1 Å². The minimum atomic E-state index is -1.30. The minimum Gasteiger partial charge on any atom is -0.478 e. The van der Waals surface area contributed by atoms with Gasteiger partial charge in [-0.25, -0.2) is 4.79 Å². The number of carboxylic acid groups (broad SMARTS) is 1. The van der Waals surface area contributed by atoms with Crippen LogP contribution in [-0.2, 0) is 0 Å². The lowest BCUT2D eigenvalue weighted by molar-refractivity contribution is -0.384. The number of fused-ring (bicyclic) bond motifs is 1. The maximum atomic E-state index is 11.2. The van der Waals surface area contributed by atoms with Gasteiger partial charge in [-0.1, -0.05) is 0 Å². The van der Waals surface area contributed by atoms with Gasteiger partial charge in [0.2, 0.25) is 5.56 Å². The summed E-state index contributed by atoms with van der Waals surface area (Å²) in [5.74, 6) is -1.30. The zero-order valence-corrected chi connectivity index (χ0v) is 8.34. The highest BCUT2D eigenvalue weighted by atomic mass is 16.6. The van der Waals surface area contributed by atoms with E-state index in [4.69, 9.17) is 5.11 Å². The highest BCUT2D eigenvalue weighted by molar-refractivity contribution is 6.02. The van der Waals surface area contributed by atoms with Crippen molar-refractivity contribution in [1.82, 2.24) is 4.98 Å². The number of aromatic carboxylic acids is 1. The Hall–Kier alpha value is -2.70. The van der Waals surface area contributed by atoms with Gasteiger partial charge < -0.3 is 10.1 Å². The summed E-state index contributed by atoms with van der Waals surface area (Å²) in [4.78, 5) is 34.5. The topological polar surface area (TPSA) is 113 Å². The van der Waals surface area contributed by atoms with E-state index >= 15 is 0 Å². The Bertz CT molecular complexity index is 689. The van der Waals surface area contributed by atoms with E-state index in [2.05, 4.69) is 4.98 Å². The molecule has 0 fully saturated rings. The molecule has 1 aromatic carbocycles. The van der Waals surface area contributed by atoms with E-state index in [1.54, 1.807) is 0 Å². The fourth-order valence-electron chi connectivity index (χ4n) is 1.53. The summed E-state index contributed by atoms with van der Waals surface area (Å²) >= 11 is 0. The van der Waals surface area contributed by atoms with Crippen LogP contribution in [0.1, 0.15) is 10.4 Å². The van der Waals surface area contributed by atoms with E-state index in [0.717, 1.165) is 12.1 Å². The largest absolute Gasteiger partial charge is 0.478 e. The first-order valence-electron chi connectivity index (χ1n) is 4.54. The number of aromatic amines is 1. The molecule has 7 heteroatoms. The molecular weight excluding hydrogens is 228 g/mol. The summed E-state index contributed by atoms with van der Waals surface area (Å²) in [7, 11) is 0. The summed E-state index contributed by atoms with van der Waals surface area (Å²) in [5.41, 5.74) is -0.802. The first-order valence-corrected chi connectivity index (χ1v) is 4.54. The van der Waals surface area contributed by atoms with Crippen LogP contribution in [0.15, 0.2) is 29.1 Å². The second-order valence-corrected chi connectivity index (χ2v) is 3.34. The molecule has 0 aliphatic heterocycles. The number of nitro groups is 1. The van der Waals surface area contributed by atoms with Crippen LogP contribution >= 0.6 is 0 Å². The molecule has 0 atom stereocenters. The molecule has 1 heterocycles. The summed E-state index contributed by atoms with van der Waals surface area (Å²) in [6.45, 7) is 0. The number of carbonyl (C=O) groups is 1. The number of H-pyrrole nitrogens is 1. The van der Waals surface area contributed by atoms with Crippen LogP contribution in [0.25, 0.3) is 10.9 Å². The van der Waals surface area contributed by atoms with Crippen molar-refractivity contribution < 1.29 is 14.8 Å². The molecule has 17 heavy (non-hydrogen) atoms. The number of nitrogens with one attached hydrogen (secondary N) is 1. The molecule has 2 aromatic rings. The number of nitrogens with zero attached hydrogens (tertiary/aromatic N) is 1. The van der Waals surface area contributed by atoms with Crippen molar-refractivity contribution in [3.05, 3.63) is 50.3 Å². The molecular formula is C10H6N2O5. The third-order valence-electron chi connectivity index (χ3n) is 2.27. The van der Waals surface area contributed by atoms with E-state index in [-0.39, 0.29) is 22.2 Å². The van der Waals surface area contributed by atoms with Crippen LogP contribution in [0.5, 0.6) is 0 Å². The van der Waals surface area contributed by atoms with Gasteiger partial charge in [0.1, 0.15) is 0 Å². The van der Waals surface area contributed by atoms with Gasteiger partial charge in [-0.05, 0) is 6.07 Å². The third kappa shape index (κ3) is 1.85. The smallest absolute Gasteiger partial charge is 0.336 e. The van der Waals surface area contributed by atoms with Crippen molar-refractivity contribution in [2.45, 2.75) is 0 Å². The second kappa shape index (κ2) is 3.71. The molecule has 0 unspecified atom stereocenters. The Kier molecular flexibility index (Phi) is 2.36. The molecule has 7 nitrogen and oxygen atoms in total. The second-order valence-electron chi connectivity index (χ2n) is 3.34. The number of aromatic nitrogens is 1. The Morgan fingerprint density at radius 1 is 1.35 bits per heavy atom. The molecule has 86 valence electrons. The van der Waals surface area contributed by atoms with Gasteiger partial charge >= 0.3 is 5.97 Å². The van der Waals surface area contributed by atoms with Crippen LogP contribution in [0.4, 0.5) is 5.69 Å². The third-order valence-corrected chi connectivity index (χ3v) is 2.27. The van der Waals surface area contributed by atoms with Crippen LogP contribution in [0.2, 0.25) is 0 Å². The molecule has 2 rings (SSSR count). The molecule has 0 aliphatic rings. The number of hydrogen-bond acceptors (Lipinski definition) is 4. The van der Waals surface area contributed by atoms with Crippen LogP contribution in [0, 0.1) is 10.1 Å². The minimum absolute atomic E-state index is 0.131. The molecule has 0 saturated carbocycles. The lowest BCUT2D eigenvalue weighted by atomic mass is 10.1. The fourth-order valence-corrected chi connectivity index (χ4v) is 1.53. The SMILES string of the molecule is O=C(O)c1cc(=O)[nH]c2ccc([N+](=O)[O-])cc12. The molecule has 2 N–H and O–H groups in total. The standard InChI is InChI=1S/C10H6N2O5/c13-9-4-7(10(14)15)6-3-5(12(16)17)1-2-8(6)11-9/h1-4H,(H,11,13)(H,14,15). The maximum Gasteiger partial charge on any atom is 0.336 e. The molecule has 0 radical (unpaired) electrons. The molecule has 0 spiro atoms. The predicted molar refractivity (Wildman–Crippen MR) is 58.2 cm³/mol. The highest BCUT2D eigenvalue weighted by Crippen LogP contribution is 2.21. The van der Waals surface area contributed by atoms with Crippen molar-refractivity contribution in [2.24, 2.45) is 0 Å². The quantitative estimate of drug-likeness (QED) is 0.597. The van der Waals surface area contributed by atoms with Crippen molar-refractivity contribution in [3.8, 4) is 0 Å². The number of pyridine rings is 1. The summed E-state index contributed by atoms with van der Waals surface area (Å²) in [6, 6.07) is 4.52. The number of hydrogen-bond donors (Lipinski definition) is 2. The van der Waals surface area contributed by atoms with E-state index in [0.29, 0.717) is 0 Å². The average Bonchev–Trinajstić information content (AvgIpc) is 2.26. The van der Waals surface area contributed by atoms with Crippen molar-refractivity contribution >= 4 is 22.6 Å². The molecule has 1 aromatic heterocycles. The normalized spacial score (nSPS) is 10.4. The number of non-ortho nitro benzene ring substituents is 1. The van der Waals surface area contributed by atoms with E-state index in [1.807, 2.05) is 0 Å². The maximum absolute atomic E-state index is 11.2. The molecule has 0 amide bonds. The van der Waals surface area contributed by atoms with E-state index in [9.17, 15) is 19.7 Å². The molecule has 0 saturated heterocycles. The number of benzene rings is 1. The zero-order valence-electron chi connectivity index (χ0n) is 8.34. The first kappa shape index (κ1) is 10.8. The molecule has 0 bridgehead atoms. The number of nitro benzene ring substituents is 1. The Morgan fingerprint density at radius 2 is 2.06 bits per heavy atom. The first-order chi connectivity index (χ1) is 7.99. The summed E-state index contributed by atoms with van der Waals surface area (Å²) < 4.78 is 0. The summed E-state index contributed by atoms with van der Waals surface area (Å²) in [6.07, 6.45) is 0. The highest BCUT2D eigenvalue weighted by Gasteiger charge is 2.14. The predicted octanol–water partition coefficient (Wildman–Crippen LogP) is 1.13. The van der Waals surface area contributed by atoms with Gasteiger partial charge in [0.15, 0.2) is 0 Å². The van der Waals surface area contributed by atoms with Crippen LogP contribution in [0.3, 0.4) is 0 Å². The van der Waals surface area contributed by atoms with Crippen molar-refractivity contribution in [3.63, 3.8) is 0 Å². The summed E-state index contributed by atoms with van der Waals surface area (Å²) in [5, 5.41) is 19.6. The van der Waals surface area contributed by atoms with E-state index in [1.165, 1.54) is 12.1 Å². The number of rotatable bonds is 2. The Labute approximate surface area is 93.5 Å². The lowest BCUT2D eigenvalue weighted by Crippen LogP contribution is -2.10. The lowest BCUT2D eigenvalue weighted by Gasteiger charge is -2.01. The zero-order chi connectivity index (χ0) is 12.6. The van der Waals surface area contributed by atoms with Gasteiger partial charge in [-0.2, -0.15) is 0 Å². The van der Waals surface area contributed by atoms with Gasteiger partial charge in [-0.15, -0.1) is 0 Å². The van der Waals surface area contributed by atoms with Gasteiger partial charge in [0.25, 0.3) is 5.69 Å². The van der Waals surface area contributed by atoms with Crippen LogP contribution in [-0.4, -0.2) is 21.0 Å². The Balaban J connectivity index is 2.87. The average molecular weight is 234 g/mol. The monoisotopic (exact) mass is 234 g/mol. The van der Waals surface area contributed by atoms with Crippen molar-refractivity contribution in [2.75, 3.05) is 0 Å². The van der Waals surface area contributed by atoms with Crippen molar-refractivity contribution in [1.29, 1.82) is 0 Å². The molecule has 0 aliphatic carbocycles. The fraction of sp³-hybridized carbons (Fsp3) is 0. The van der Waals surface area contributed by atoms with Gasteiger partial charge in [0.05, 0.1) is 10.5 Å². The number of carboxylic acids is 1. The van der Waals surface area contributed by atoms with Crippen LogP contribution < -0.4 is 5.56 Å². The Morgan fingerprint density at radius 3 is 2.65 bits per heavy atom.